The molecule has 2 aromatic carbocycles. The lowest BCUT2D eigenvalue weighted by Gasteiger charge is -2.52. The molecule has 3 heterocycles. The first kappa shape index (κ1) is 45.5. The van der Waals surface area contributed by atoms with Crippen LogP contribution in [0.1, 0.15) is 74.1 Å². The predicted molar refractivity (Wildman–Crippen MR) is 221 cm³/mol. The van der Waals surface area contributed by atoms with Gasteiger partial charge in [0.1, 0.15) is 18.0 Å². The zero-order valence-electron chi connectivity index (χ0n) is 36.0. The number of ether oxygens (including phenoxy) is 9. The number of methoxy groups -OCH3 is 6. The minimum atomic E-state index is -0.863. The first-order valence-corrected chi connectivity index (χ1v) is 20.0. The van der Waals surface area contributed by atoms with Crippen molar-refractivity contribution in [3.63, 3.8) is 0 Å². The number of piperidine rings is 1. The van der Waals surface area contributed by atoms with Crippen LogP contribution in [0.4, 0.5) is 0 Å². The van der Waals surface area contributed by atoms with Crippen molar-refractivity contribution < 1.29 is 61.8 Å². The van der Waals surface area contributed by atoms with Gasteiger partial charge in [-0.1, -0.05) is 20.1 Å². The first-order valence-electron chi connectivity index (χ1n) is 20.0. The van der Waals surface area contributed by atoms with Crippen molar-refractivity contribution in [2.24, 2.45) is 17.8 Å². The third-order valence-corrected chi connectivity index (χ3v) is 11.5. The number of hydrogen-bond acceptors (Lipinski definition) is 14. The molecular weight excluding hydrogens is 776 g/mol. The average Bonchev–Trinajstić information content (AvgIpc) is 3.62. The molecule has 0 radical (unpaired) electrons. The highest BCUT2D eigenvalue weighted by molar-refractivity contribution is 5.92. The van der Waals surface area contributed by atoms with Crippen LogP contribution >= 0.6 is 0 Å². The molecule has 0 bridgehead atoms. The molecule has 2 aliphatic heterocycles. The second-order valence-electron chi connectivity index (χ2n) is 15.3. The summed E-state index contributed by atoms with van der Waals surface area (Å²) in [5, 5.41) is 1.21. The lowest BCUT2D eigenvalue weighted by molar-refractivity contribution is -0.183. The summed E-state index contributed by atoms with van der Waals surface area (Å²) in [6, 6.07) is 9.40. The van der Waals surface area contributed by atoms with Crippen molar-refractivity contribution in [2.75, 3.05) is 55.7 Å². The molecule has 0 amide bonds. The highest BCUT2D eigenvalue weighted by atomic mass is 16.7. The van der Waals surface area contributed by atoms with Gasteiger partial charge in [0.15, 0.2) is 11.5 Å². The zero-order chi connectivity index (χ0) is 43.8. The van der Waals surface area contributed by atoms with E-state index in [4.69, 9.17) is 42.6 Å². The van der Waals surface area contributed by atoms with Gasteiger partial charge in [-0.25, -0.2) is 14.4 Å². The summed E-state index contributed by atoms with van der Waals surface area (Å²) in [5.41, 5.74) is 4.37. The highest BCUT2D eigenvalue weighted by Gasteiger charge is 2.54. The molecule has 2 fully saturated rings. The number of nitrogens with one attached hydrogen (secondary N) is 1. The largest absolute Gasteiger partial charge is 0.497 e. The van der Waals surface area contributed by atoms with Crippen LogP contribution in [0.2, 0.25) is 0 Å². The molecule has 3 aliphatic rings. The van der Waals surface area contributed by atoms with Crippen LogP contribution in [0.15, 0.2) is 54.6 Å². The number of aromatic nitrogens is 1. The summed E-state index contributed by atoms with van der Waals surface area (Å²) >= 11 is 0. The lowest BCUT2D eigenvalue weighted by Crippen LogP contribution is -2.58. The maximum Gasteiger partial charge on any atom is 0.338 e. The molecule has 15 heteroatoms. The van der Waals surface area contributed by atoms with E-state index in [1.54, 1.807) is 26.4 Å². The Morgan fingerprint density at radius 2 is 1.52 bits per heavy atom. The van der Waals surface area contributed by atoms with Crippen LogP contribution in [0, 0.1) is 17.8 Å². The Labute approximate surface area is 351 Å². The summed E-state index contributed by atoms with van der Waals surface area (Å²) in [6.45, 7) is 13.5. The first-order chi connectivity index (χ1) is 28.7. The van der Waals surface area contributed by atoms with E-state index in [1.807, 2.05) is 19.1 Å². The van der Waals surface area contributed by atoms with Gasteiger partial charge >= 0.3 is 23.9 Å². The molecule has 6 rings (SSSR count). The maximum absolute atomic E-state index is 13.5. The van der Waals surface area contributed by atoms with Gasteiger partial charge in [0.25, 0.3) is 0 Å². The van der Waals surface area contributed by atoms with Crippen LogP contribution in [0.25, 0.3) is 10.9 Å². The molecule has 1 saturated carbocycles. The Balaban J connectivity index is 0.000000363. The number of carbonyl (C=O) groups excluding carboxylic acids is 4. The summed E-state index contributed by atoms with van der Waals surface area (Å²) in [7, 11) is 9.10. The molecule has 0 spiro atoms. The fourth-order valence-electron chi connectivity index (χ4n) is 8.58. The number of H-pyrrole nitrogens is 1. The molecule has 6 atom stereocenters. The van der Waals surface area contributed by atoms with Gasteiger partial charge in [0.2, 0.25) is 12.0 Å². The van der Waals surface area contributed by atoms with Crippen molar-refractivity contribution in [3.05, 3.63) is 71.5 Å². The minimum absolute atomic E-state index is 0.0170. The van der Waals surface area contributed by atoms with E-state index in [1.165, 1.54) is 58.9 Å². The van der Waals surface area contributed by atoms with Gasteiger partial charge < -0.3 is 47.6 Å². The summed E-state index contributed by atoms with van der Waals surface area (Å²) < 4.78 is 49.0. The summed E-state index contributed by atoms with van der Waals surface area (Å²) in [6.07, 6.45) is 1.25. The predicted octanol–water partition coefficient (Wildman–Crippen LogP) is 6.52. The Kier molecular flexibility index (Phi) is 15.3. The smallest absolute Gasteiger partial charge is 0.338 e. The molecule has 1 N–H and O–H groups in total. The van der Waals surface area contributed by atoms with E-state index in [0.717, 1.165) is 43.6 Å². The molecule has 1 aliphatic carbocycles. The van der Waals surface area contributed by atoms with E-state index < -0.39 is 42.3 Å². The number of benzene rings is 2. The Morgan fingerprint density at radius 3 is 2.05 bits per heavy atom. The van der Waals surface area contributed by atoms with E-state index in [9.17, 15) is 19.2 Å². The van der Waals surface area contributed by atoms with Crippen molar-refractivity contribution in [2.45, 2.75) is 77.4 Å². The fourth-order valence-corrected chi connectivity index (χ4v) is 8.58. The topological polar surface area (TPSA) is 170 Å². The van der Waals surface area contributed by atoms with Gasteiger partial charge in [0, 0.05) is 60.4 Å². The van der Waals surface area contributed by atoms with Crippen LogP contribution in [0.3, 0.4) is 0 Å². The second-order valence-corrected chi connectivity index (χ2v) is 15.3. The number of hydrogen-bond donors (Lipinski definition) is 1. The van der Waals surface area contributed by atoms with Crippen LogP contribution < -0.4 is 18.9 Å². The average molecular weight is 835 g/mol. The molecule has 3 aromatic rings. The van der Waals surface area contributed by atoms with Gasteiger partial charge in [-0.3, -0.25) is 9.69 Å². The number of esters is 4. The number of aromatic amines is 1. The zero-order valence-corrected chi connectivity index (χ0v) is 36.0. The molecular formula is C45H58N2O13. The summed E-state index contributed by atoms with van der Waals surface area (Å²) in [5.74, 6) is -0.684. The van der Waals surface area contributed by atoms with E-state index in [-0.39, 0.29) is 40.6 Å². The van der Waals surface area contributed by atoms with Gasteiger partial charge in [-0.15, -0.1) is 0 Å². The monoisotopic (exact) mass is 834 g/mol. The molecule has 1 saturated heterocycles. The SMILES string of the molecule is C=C(C)C(=O)OC(CCC)OC(=O)C(=C)C.COC(=O)[C@H]1[C@H]2C[C@@H]3c4[nH]c5cc(OC)ccc5c4CCN3C[C@H]2C[C@@H](OC(=O)c2cc(OC)c(OC)c(OC)c2)[C@@H]1OC. The summed E-state index contributed by atoms with van der Waals surface area (Å²) in [4.78, 5) is 55.6. The standard InChI is InChI=1S/C33H40N2O9.C12H18O4/c1-38-19-7-8-20-21-9-10-35-16-18-13-27(44-32(36)17-11-25(39-2)30(41-4)26(12-17)40-3)31(42-5)28(33(37)43-6)22(18)15-24(35)29(21)34-23(20)14-19;1-6-7-10(15-11(13)8(2)3)16-12(14)9(4)5/h7-8,11-12,14,18,22,24,27-28,31,34H,9-10,13,15-16H2,1-6H3;10H,2,4,6-7H2,1,3,5H3/t18-,22+,24-,27-,28+,31+;/m1./s1. The van der Waals surface area contributed by atoms with E-state index >= 15 is 0 Å². The minimum Gasteiger partial charge on any atom is -0.497 e. The third kappa shape index (κ3) is 9.73. The van der Waals surface area contributed by atoms with Crippen LogP contribution in [-0.4, -0.2) is 108 Å². The highest BCUT2D eigenvalue weighted by Crippen LogP contribution is 2.51. The van der Waals surface area contributed by atoms with Crippen LogP contribution in [0.5, 0.6) is 23.0 Å². The Bertz CT molecular complexity index is 2020. The molecule has 1 aromatic heterocycles. The van der Waals surface area contributed by atoms with E-state index in [0.29, 0.717) is 30.1 Å². The van der Waals surface area contributed by atoms with Crippen molar-refractivity contribution >= 4 is 34.8 Å². The van der Waals surface area contributed by atoms with Gasteiger partial charge in [-0.2, -0.15) is 0 Å². The maximum atomic E-state index is 13.5. The van der Waals surface area contributed by atoms with Crippen molar-refractivity contribution in [3.8, 4) is 23.0 Å². The number of carbonyl (C=O) groups is 4. The molecule has 0 unspecified atom stereocenters. The molecule has 60 heavy (non-hydrogen) atoms. The van der Waals surface area contributed by atoms with Crippen LogP contribution in [-0.2, 0) is 44.5 Å². The Morgan fingerprint density at radius 1 is 0.867 bits per heavy atom. The number of nitrogens with zero attached hydrogens (tertiary/aromatic N) is 1. The Hall–Kier alpha value is -5.54. The lowest BCUT2D eigenvalue weighted by atomic mass is 9.63. The molecule has 15 nitrogen and oxygen atoms in total. The quantitative estimate of drug-likeness (QED) is 0.0806. The van der Waals surface area contributed by atoms with E-state index in [2.05, 4.69) is 29.1 Å². The van der Waals surface area contributed by atoms with Crippen molar-refractivity contribution in [1.29, 1.82) is 0 Å². The number of fused-ring (bicyclic) bond motifs is 6. The second kappa shape index (κ2) is 20.1. The van der Waals surface area contributed by atoms with Gasteiger partial charge in [-0.05, 0) is 81.2 Å². The fraction of sp³-hybridized carbons (Fsp3) is 0.511. The molecule has 326 valence electrons. The van der Waals surface area contributed by atoms with Gasteiger partial charge in [0.05, 0.1) is 53.1 Å². The third-order valence-electron chi connectivity index (χ3n) is 11.5. The normalized spacial score (nSPS) is 21.8. The number of rotatable bonds is 14. The van der Waals surface area contributed by atoms with Crippen molar-refractivity contribution in [1.82, 2.24) is 9.88 Å².